The van der Waals surface area contributed by atoms with E-state index in [1.807, 2.05) is 30.1 Å². The molecule has 1 saturated carbocycles. The number of nitrogen functional groups attached to an aromatic ring is 1. The minimum absolute atomic E-state index is 0.0925. The first-order valence-electron chi connectivity index (χ1n) is 7.85. The molecule has 22 heavy (non-hydrogen) atoms. The summed E-state index contributed by atoms with van der Waals surface area (Å²) >= 11 is 0. The molecule has 0 aromatic carbocycles. The minimum Gasteiger partial charge on any atom is -0.473 e. The molecule has 2 heterocycles. The van der Waals surface area contributed by atoms with Gasteiger partial charge in [-0.25, -0.2) is 4.68 Å². The number of hydrogen-bond acceptors (Lipinski definition) is 4. The summed E-state index contributed by atoms with van der Waals surface area (Å²) in [5.74, 6) is 1.85. The number of aromatic nitrogens is 4. The lowest BCUT2D eigenvalue weighted by molar-refractivity contribution is 0.197. The van der Waals surface area contributed by atoms with Gasteiger partial charge in [0.15, 0.2) is 0 Å². The van der Waals surface area contributed by atoms with Crippen molar-refractivity contribution in [1.82, 2.24) is 19.6 Å². The molecule has 6 heteroatoms. The van der Waals surface area contributed by atoms with Crippen LogP contribution in [-0.2, 0) is 12.6 Å². The van der Waals surface area contributed by atoms with E-state index in [1.165, 1.54) is 0 Å². The molecule has 0 bridgehead atoms. The van der Waals surface area contributed by atoms with Crippen molar-refractivity contribution in [3.8, 4) is 5.88 Å². The Kier molecular flexibility index (Phi) is 3.62. The Morgan fingerprint density at radius 3 is 2.64 bits per heavy atom. The van der Waals surface area contributed by atoms with Crippen LogP contribution in [0.15, 0.2) is 18.3 Å². The number of ether oxygens (including phenoxy) is 1. The molecule has 1 aliphatic carbocycles. The maximum absolute atomic E-state index is 6.11. The lowest BCUT2D eigenvalue weighted by atomic mass is 10.0. The van der Waals surface area contributed by atoms with Crippen molar-refractivity contribution in [1.29, 1.82) is 0 Å². The number of rotatable bonds is 3. The Labute approximate surface area is 131 Å². The van der Waals surface area contributed by atoms with Crippen LogP contribution in [0.1, 0.15) is 51.6 Å². The van der Waals surface area contributed by atoms with Crippen molar-refractivity contribution in [2.45, 2.75) is 57.6 Å². The van der Waals surface area contributed by atoms with Crippen molar-refractivity contribution in [2.24, 2.45) is 7.05 Å². The summed E-state index contributed by atoms with van der Waals surface area (Å²) in [4.78, 5) is 0. The average Bonchev–Trinajstić information content (AvgIpc) is 3.09. The SMILES string of the molecule is Cn1ccc(OC2CCC(c3cc(N)n(C(C)(C)C)n3)C2)n1. The summed E-state index contributed by atoms with van der Waals surface area (Å²) in [5.41, 5.74) is 7.10. The first kappa shape index (κ1) is 14.9. The molecule has 2 unspecified atom stereocenters. The van der Waals surface area contributed by atoms with Crippen LogP contribution < -0.4 is 10.5 Å². The largest absolute Gasteiger partial charge is 0.473 e. The highest BCUT2D eigenvalue weighted by molar-refractivity contribution is 5.34. The van der Waals surface area contributed by atoms with Gasteiger partial charge in [0.1, 0.15) is 11.9 Å². The number of nitrogens with two attached hydrogens (primary N) is 1. The predicted octanol–water partition coefficient (Wildman–Crippen LogP) is 2.67. The van der Waals surface area contributed by atoms with Gasteiger partial charge in [-0.15, -0.1) is 5.10 Å². The van der Waals surface area contributed by atoms with E-state index in [0.717, 1.165) is 30.8 Å². The Morgan fingerprint density at radius 2 is 2.05 bits per heavy atom. The first-order chi connectivity index (χ1) is 10.3. The van der Waals surface area contributed by atoms with E-state index in [9.17, 15) is 0 Å². The summed E-state index contributed by atoms with van der Waals surface area (Å²) < 4.78 is 9.62. The second-order valence-corrected chi connectivity index (χ2v) is 7.15. The molecule has 2 aromatic rings. The topological polar surface area (TPSA) is 70.9 Å². The molecular formula is C16H25N5O. The molecule has 2 aromatic heterocycles. The summed E-state index contributed by atoms with van der Waals surface area (Å²) in [6, 6.07) is 3.92. The van der Waals surface area contributed by atoms with E-state index >= 15 is 0 Å². The van der Waals surface area contributed by atoms with Crippen molar-refractivity contribution < 1.29 is 4.74 Å². The summed E-state index contributed by atoms with van der Waals surface area (Å²) in [5, 5.41) is 9.00. The smallest absolute Gasteiger partial charge is 0.232 e. The molecule has 0 saturated heterocycles. The lowest BCUT2D eigenvalue weighted by Crippen LogP contribution is -2.24. The van der Waals surface area contributed by atoms with Crippen LogP contribution in [0, 0.1) is 0 Å². The number of aryl methyl sites for hydroxylation is 1. The standard InChI is InChI=1S/C16H25N5O/c1-16(2,3)21-14(17)10-13(18-21)11-5-6-12(9-11)22-15-7-8-20(4)19-15/h7-8,10-12H,5-6,9,17H2,1-4H3. The van der Waals surface area contributed by atoms with Gasteiger partial charge >= 0.3 is 0 Å². The minimum atomic E-state index is -0.0925. The molecule has 3 rings (SSSR count). The van der Waals surface area contributed by atoms with Gasteiger partial charge in [-0.1, -0.05) is 0 Å². The number of anilines is 1. The highest BCUT2D eigenvalue weighted by atomic mass is 16.5. The molecule has 0 spiro atoms. The van der Waals surface area contributed by atoms with E-state index in [4.69, 9.17) is 15.6 Å². The number of hydrogen-bond donors (Lipinski definition) is 1. The Balaban J connectivity index is 1.68. The van der Waals surface area contributed by atoms with Crippen molar-refractivity contribution in [3.63, 3.8) is 0 Å². The maximum Gasteiger partial charge on any atom is 0.232 e. The molecule has 2 atom stereocenters. The van der Waals surface area contributed by atoms with Crippen LogP contribution >= 0.6 is 0 Å². The van der Waals surface area contributed by atoms with Crippen LogP contribution in [-0.4, -0.2) is 25.7 Å². The number of nitrogens with zero attached hydrogens (tertiary/aromatic N) is 4. The van der Waals surface area contributed by atoms with Gasteiger partial charge < -0.3 is 10.5 Å². The van der Waals surface area contributed by atoms with Gasteiger partial charge in [0.05, 0.1) is 11.2 Å². The third-order valence-corrected chi connectivity index (χ3v) is 4.17. The van der Waals surface area contributed by atoms with Crippen molar-refractivity contribution in [3.05, 3.63) is 24.0 Å². The molecule has 0 aliphatic heterocycles. The van der Waals surface area contributed by atoms with Crippen LogP contribution in [0.4, 0.5) is 5.82 Å². The zero-order chi connectivity index (χ0) is 15.9. The normalized spacial score (nSPS) is 22.2. The summed E-state index contributed by atoms with van der Waals surface area (Å²) in [6.45, 7) is 6.34. The van der Waals surface area contributed by atoms with Gasteiger partial charge in [0.25, 0.3) is 0 Å². The second-order valence-electron chi connectivity index (χ2n) is 7.15. The van der Waals surface area contributed by atoms with Crippen LogP contribution in [0.3, 0.4) is 0 Å². The molecular weight excluding hydrogens is 278 g/mol. The molecule has 1 aliphatic rings. The molecule has 6 nitrogen and oxygen atoms in total. The fraction of sp³-hybridized carbons (Fsp3) is 0.625. The Morgan fingerprint density at radius 1 is 1.27 bits per heavy atom. The van der Waals surface area contributed by atoms with Gasteiger partial charge in [-0.3, -0.25) is 4.68 Å². The monoisotopic (exact) mass is 303 g/mol. The van der Waals surface area contributed by atoms with E-state index in [-0.39, 0.29) is 11.6 Å². The third kappa shape index (κ3) is 2.96. The molecule has 1 fully saturated rings. The second kappa shape index (κ2) is 5.34. The lowest BCUT2D eigenvalue weighted by Gasteiger charge is -2.20. The summed E-state index contributed by atoms with van der Waals surface area (Å²) in [6.07, 6.45) is 5.19. The average molecular weight is 303 g/mol. The van der Waals surface area contributed by atoms with Gasteiger partial charge in [0, 0.05) is 31.3 Å². The van der Waals surface area contributed by atoms with E-state index in [2.05, 4.69) is 25.9 Å². The predicted molar refractivity (Wildman–Crippen MR) is 85.9 cm³/mol. The third-order valence-electron chi connectivity index (χ3n) is 4.17. The van der Waals surface area contributed by atoms with Gasteiger partial charge in [-0.05, 0) is 40.0 Å². The van der Waals surface area contributed by atoms with E-state index < -0.39 is 0 Å². The Bertz CT molecular complexity index is 652. The zero-order valence-corrected chi connectivity index (χ0v) is 13.8. The fourth-order valence-corrected chi connectivity index (χ4v) is 3.09. The van der Waals surface area contributed by atoms with Crippen LogP contribution in [0.2, 0.25) is 0 Å². The molecule has 2 N–H and O–H groups in total. The zero-order valence-electron chi connectivity index (χ0n) is 13.8. The quantitative estimate of drug-likeness (QED) is 0.946. The van der Waals surface area contributed by atoms with Crippen molar-refractivity contribution in [2.75, 3.05) is 5.73 Å². The van der Waals surface area contributed by atoms with E-state index in [1.54, 1.807) is 4.68 Å². The first-order valence-corrected chi connectivity index (χ1v) is 7.85. The molecule has 120 valence electrons. The fourth-order valence-electron chi connectivity index (χ4n) is 3.09. The highest BCUT2D eigenvalue weighted by Gasteiger charge is 2.31. The van der Waals surface area contributed by atoms with Crippen LogP contribution in [0.25, 0.3) is 0 Å². The maximum atomic E-state index is 6.11. The summed E-state index contributed by atoms with van der Waals surface area (Å²) in [7, 11) is 1.90. The molecule has 0 amide bonds. The van der Waals surface area contributed by atoms with E-state index in [0.29, 0.717) is 11.8 Å². The molecule has 0 radical (unpaired) electrons. The van der Waals surface area contributed by atoms with Gasteiger partial charge in [0.2, 0.25) is 5.88 Å². The van der Waals surface area contributed by atoms with Crippen LogP contribution in [0.5, 0.6) is 5.88 Å². The van der Waals surface area contributed by atoms with Crippen molar-refractivity contribution >= 4 is 5.82 Å². The highest BCUT2D eigenvalue weighted by Crippen LogP contribution is 2.37. The van der Waals surface area contributed by atoms with Gasteiger partial charge in [-0.2, -0.15) is 5.10 Å². The Hall–Kier alpha value is -1.98.